The SMILES string of the molecule is CS(=N)(=O)c1nccc2[nH]c(C3CC(F)(F)CCC3C3CCC(F)(F)CC3)cc(=O)c12. The normalized spacial score (nSPS) is 28.3. The second kappa shape index (κ2) is 7.56. The summed E-state index contributed by atoms with van der Waals surface area (Å²) in [6.07, 6.45) is 2.04. The van der Waals surface area contributed by atoms with Gasteiger partial charge in [-0.15, -0.1) is 0 Å². The van der Waals surface area contributed by atoms with Crippen LogP contribution >= 0.6 is 0 Å². The number of hydrogen-bond acceptors (Lipinski definition) is 4. The molecule has 3 unspecified atom stereocenters. The van der Waals surface area contributed by atoms with Crippen LogP contribution in [0.3, 0.4) is 0 Å². The molecule has 170 valence electrons. The Balaban J connectivity index is 1.76. The zero-order chi connectivity index (χ0) is 22.6. The summed E-state index contributed by atoms with van der Waals surface area (Å²) in [6.45, 7) is 0. The molecule has 2 aromatic heterocycles. The van der Waals surface area contributed by atoms with Gasteiger partial charge in [0.25, 0.3) is 0 Å². The molecular formula is C21H25F4N3O2S. The van der Waals surface area contributed by atoms with Crippen LogP contribution in [0.15, 0.2) is 28.2 Å². The molecule has 10 heteroatoms. The van der Waals surface area contributed by atoms with E-state index in [0.717, 1.165) is 0 Å². The maximum Gasteiger partial charge on any atom is 0.248 e. The number of halogens is 4. The Bertz CT molecular complexity index is 1150. The number of rotatable bonds is 3. The molecule has 0 bridgehead atoms. The fourth-order valence-electron chi connectivity index (χ4n) is 5.23. The summed E-state index contributed by atoms with van der Waals surface area (Å²) in [6, 6.07) is 2.72. The van der Waals surface area contributed by atoms with Gasteiger partial charge in [-0.2, -0.15) is 0 Å². The van der Waals surface area contributed by atoms with Crippen molar-refractivity contribution < 1.29 is 21.8 Å². The van der Waals surface area contributed by atoms with Crippen molar-refractivity contribution in [2.24, 2.45) is 11.8 Å². The van der Waals surface area contributed by atoms with E-state index >= 15 is 0 Å². The number of hydrogen-bond donors (Lipinski definition) is 2. The highest BCUT2D eigenvalue weighted by atomic mass is 32.2. The van der Waals surface area contributed by atoms with Gasteiger partial charge in [-0.3, -0.25) is 4.79 Å². The average molecular weight is 460 g/mol. The third-order valence-corrected chi connectivity index (χ3v) is 7.79. The van der Waals surface area contributed by atoms with E-state index in [4.69, 9.17) is 4.78 Å². The molecule has 2 aliphatic rings. The number of aromatic nitrogens is 2. The molecule has 0 radical (unpaired) electrons. The first kappa shape index (κ1) is 22.2. The van der Waals surface area contributed by atoms with Crippen molar-refractivity contribution >= 4 is 20.6 Å². The highest BCUT2D eigenvalue weighted by molar-refractivity contribution is 7.91. The Morgan fingerprint density at radius 1 is 1.13 bits per heavy atom. The largest absolute Gasteiger partial charge is 0.358 e. The zero-order valence-corrected chi connectivity index (χ0v) is 17.9. The quantitative estimate of drug-likeness (QED) is 0.611. The first-order valence-electron chi connectivity index (χ1n) is 10.4. The highest BCUT2D eigenvalue weighted by Gasteiger charge is 2.47. The Labute approximate surface area is 177 Å². The molecule has 2 heterocycles. The molecular weight excluding hydrogens is 434 g/mol. The summed E-state index contributed by atoms with van der Waals surface area (Å²) in [7, 11) is -3.27. The highest BCUT2D eigenvalue weighted by Crippen LogP contribution is 2.51. The fourth-order valence-corrected chi connectivity index (χ4v) is 6.10. The minimum absolute atomic E-state index is 0.0187. The van der Waals surface area contributed by atoms with Crippen LogP contribution in [0.2, 0.25) is 0 Å². The maximum absolute atomic E-state index is 14.4. The molecule has 4 rings (SSSR count). The molecule has 0 aliphatic heterocycles. The predicted molar refractivity (Wildman–Crippen MR) is 109 cm³/mol. The second-order valence-corrected chi connectivity index (χ2v) is 11.1. The summed E-state index contributed by atoms with van der Waals surface area (Å²) in [5.41, 5.74) is 0.0950. The number of H-pyrrole nitrogens is 1. The minimum Gasteiger partial charge on any atom is -0.358 e. The van der Waals surface area contributed by atoms with E-state index in [-0.39, 0.29) is 66.3 Å². The van der Waals surface area contributed by atoms with Crippen LogP contribution in [0, 0.1) is 16.6 Å². The Kier molecular flexibility index (Phi) is 5.43. The van der Waals surface area contributed by atoms with Crippen molar-refractivity contribution in [1.82, 2.24) is 9.97 Å². The van der Waals surface area contributed by atoms with Crippen LogP contribution in [0.5, 0.6) is 0 Å². The van der Waals surface area contributed by atoms with E-state index in [9.17, 15) is 26.6 Å². The summed E-state index contributed by atoms with van der Waals surface area (Å²) >= 11 is 0. The number of pyridine rings is 2. The van der Waals surface area contributed by atoms with Gasteiger partial charge in [0.05, 0.1) is 20.6 Å². The molecule has 2 N–H and O–H groups in total. The zero-order valence-electron chi connectivity index (χ0n) is 17.1. The number of nitrogens with zero attached hydrogens (tertiary/aromatic N) is 1. The van der Waals surface area contributed by atoms with E-state index in [1.807, 2.05) is 0 Å². The van der Waals surface area contributed by atoms with Crippen molar-refractivity contribution in [2.45, 2.75) is 67.7 Å². The Hall–Kier alpha value is -1.97. The standard InChI is InChI=1S/C21H25F4N3O2S/c1-31(26,30)19-18-15(5-9-27-19)28-16(10-17(18)29)14-11-21(24,25)8-4-13(14)12-2-6-20(22,23)7-3-12/h5,9-10,12-14,26H,2-4,6-8,11H2,1H3,(H,28,29). The molecule has 3 atom stereocenters. The van der Waals surface area contributed by atoms with Gasteiger partial charge >= 0.3 is 0 Å². The van der Waals surface area contributed by atoms with Crippen LogP contribution in [0.4, 0.5) is 17.6 Å². The lowest BCUT2D eigenvalue weighted by molar-refractivity contribution is -0.0840. The number of alkyl halides is 4. The van der Waals surface area contributed by atoms with E-state index < -0.39 is 39.3 Å². The van der Waals surface area contributed by atoms with Crippen molar-refractivity contribution in [1.29, 1.82) is 4.78 Å². The summed E-state index contributed by atoms with van der Waals surface area (Å²) < 4.78 is 76.0. The molecule has 0 aromatic carbocycles. The van der Waals surface area contributed by atoms with Crippen LogP contribution in [-0.4, -0.2) is 32.3 Å². The monoisotopic (exact) mass is 459 g/mol. The molecule has 2 aromatic rings. The van der Waals surface area contributed by atoms with Gasteiger partial charge in [0.2, 0.25) is 11.8 Å². The molecule has 31 heavy (non-hydrogen) atoms. The first-order valence-corrected chi connectivity index (χ1v) is 12.3. The lowest BCUT2D eigenvalue weighted by Gasteiger charge is -2.42. The third kappa shape index (κ3) is 4.49. The van der Waals surface area contributed by atoms with Crippen LogP contribution < -0.4 is 5.43 Å². The van der Waals surface area contributed by atoms with Gasteiger partial charge in [0, 0.05) is 55.8 Å². The predicted octanol–water partition coefficient (Wildman–Crippen LogP) is 5.30. The van der Waals surface area contributed by atoms with Gasteiger partial charge in [-0.25, -0.2) is 31.5 Å². The third-order valence-electron chi connectivity index (χ3n) is 6.74. The smallest absolute Gasteiger partial charge is 0.248 e. The van der Waals surface area contributed by atoms with E-state index in [1.54, 1.807) is 0 Å². The lowest BCUT2D eigenvalue weighted by Crippen LogP contribution is -2.38. The average Bonchev–Trinajstić information content (AvgIpc) is 2.66. The number of aromatic amines is 1. The fraction of sp³-hybridized carbons (Fsp3) is 0.619. The van der Waals surface area contributed by atoms with Crippen LogP contribution in [-0.2, 0) is 9.73 Å². The first-order chi connectivity index (χ1) is 14.4. The summed E-state index contributed by atoms with van der Waals surface area (Å²) in [5.74, 6) is -6.59. The van der Waals surface area contributed by atoms with Crippen molar-refractivity contribution in [3.8, 4) is 0 Å². The topological polar surface area (TPSA) is 86.7 Å². The molecule has 2 saturated carbocycles. The van der Waals surface area contributed by atoms with E-state index in [0.29, 0.717) is 5.69 Å². The van der Waals surface area contributed by atoms with E-state index in [1.165, 1.54) is 24.6 Å². The Morgan fingerprint density at radius 3 is 2.42 bits per heavy atom. The molecule has 2 fully saturated rings. The van der Waals surface area contributed by atoms with Crippen LogP contribution in [0.1, 0.15) is 56.6 Å². The number of nitrogens with one attached hydrogen (secondary N) is 2. The van der Waals surface area contributed by atoms with E-state index in [2.05, 4.69) is 9.97 Å². The van der Waals surface area contributed by atoms with Gasteiger partial charge < -0.3 is 4.98 Å². The molecule has 2 aliphatic carbocycles. The minimum atomic E-state index is -3.27. The number of fused-ring (bicyclic) bond motifs is 1. The Morgan fingerprint density at radius 2 is 1.77 bits per heavy atom. The lowest BCUT2D eigenvalue weighted by atomic mass is 9.65. The van der Waals surface area contributed by atoms with Gasteiger partial charge in [-0.1, -0.05) is 0 Å². The van der Waals surface area contributed by atoms with Gasteiger partial charge in [-0.05, 0) is 37.2 Å². The summed E-state index contributed by atoms with van der Waals surface area (Å²) in [4.78, 5) is 19.9. The molecule has 0 amide bonds. The maximum atomic E-state index is 14.4. The van der Waals surface area contributed by atoms with Crippen molar-refractivity contribution in [3.05, 3.63) is 34.2 Å². The van der Waals surface area contributed by atoms with Crippen molar-refractivity contribution in [2.75, 3.05) is 6.26 Å². The van der Waals surface area contributed by atoms with Crippen LogP contribution in [0.25, 0.3) is 10.9 Å². The molecule has 0 saturated heterocycles. The molecule has 0 spiro atoms. The van der Waals surface area contributed by atoms with Gasteiger partial charge in [0.15, 0.2) is 5.43 Å². The van der Waals surface area contributed by atoms with Crippen molar-refractivity contribution in [3.63, 3.8) is 0 Å². The summed E-state index contributed by atoms with van der Waals surface area (Å²) in [5, 5.41) is -0.122. The van der Waals surface area contributed by atoms with Gasteiger partial charge in [0.1, 0.15) is 5.03 Å². The molecule has 5 nitrogen and oxygen atoms in total. The second-order valence-electron chi connectivity index (χ2n) is 9.03.